The Morgan fingerprint density at radius 2 is 2.07 bits per heavy atom. The number of rotatable bonds is 7. The summed E-state index contributed by atoms with van der Waals surface area (Å²) in [5.41, 5.74) is 2.33. The first-order valence-electron chi connectivity index (χ1n) is 9.71. The van der Waals surface area contributed by atoms with Gasteiger partial charge in [-0.25, -0.2) is 4.98 Å². The fourth-order valence-corrected chi connectivity index (χ4v) is 3.88. The smallest absolute Gasteiger partial charge is 0.253 e. The van der Waals surface area contributed by atoms with E-state index in [4.69, 9.17) is 0 Å². The normalized spacial score (nSPS) is 14.9. The van der Waals surface area contributed by atoms with Crippen LogP contribution in [0.25, 0.3) is 0 Å². The molecule has 0 saturated carbocycles. The number of benzene rings is 1. The van der Waals surface area contributed by atoms with Gasteiger partial charge < -0.3 is 14.8 Å². The molecular formula is C21H28N4O2S. The second-order valence-corrected chi connectivity index (χ2v) is 8.30. The number of imidazole rings is 1. The monoisotopic (exact) mass is 400 g/mol. The van der Waals surface area contributed by atoms with Gasteiger partial charge in [0.25, 0.3) is 5.91 Å². The van der Waals surface area contributed by atoms with Gasteiger partial charge in [0.15, 0.2) is 0 Å². The Morgan fingerprint density at radius 1 is 1.29 bits per heavy atom. The van der Waals surface area contributed by atoms with Crippen LogP contribution in [0.2, 0.25) is 0 Å². The van der Waals surface area contributed by atoms with E-state index in [1.807, 2.05) is 48.8 Å². The van der Waals surface area contributed by atoms with Crippen LogP contribution < -0.4 is 5.32 Å². The maximum Gasteiger partial charge on any atom is 0.253 e. The fourth-order valence-electron chi connectivity index (χ4n) is 3.49. The number of nitrogens with one attached hydrogen (secondary N) is 1. The first kappa shape index (κ1) is 20.5. The van der Waals surface area contributed by atoms with E-state index in [9.17, 15) is 9.59 Å². The van der Waals surface area contributed by atoms with Gasteiger partial charge in [0.2, 0.25) is 5.91 Å². The van der Waals surface area contributed by atoms with Gasteiger partial charge in [-0.15, -0.1) is 0 Å². The fraction of sp³-hybridized carbons (Fsp3) is 0.476. The van der Waals surface area contributed by atoms with Gasteiger partial charge in [-0.3, -0.25) is 9.59 Å². The summed E-state index contributed by atoms with van der Waals surface area (Å²) < 4.78 is 2.11. The molecule has 1 aliphatic rings. The molecule has 1 fully saturated rings. The van der Waals surface area contributed by atoms with Gasteiger partial charge in [-0.05, 0) is 49.6 Å². The lowest BCUT2D eigenvalue weighted by Gasteiger charge is -2.32. The Bertz CT molecular complexity index is 799. The summed E-state index contributed by atoms with van der Waals surface area (Å²) in [4.78, 5) is 31.0. The van der Waals surface area contributed by atoms with Gasteiger partial charge >= 0.3 is 0 Å². The third-order valence-electron chi connectivity index (χ3n) is 5.22. The summed E-state index contributed by atoms with van der Waals surface area (Å²) in [6, 6.07) is 5.57. The third-order valence-corrected chi connectivity index (χ3v) is 5.83. The van der Waals surface area contributed by atoms with Gasteiger partial charge in [0.1, 0.15) is 0 Å². The van der Waals surface area contributed by atoms with Crippen molar-refractivity contribution in [3.05, 3.63) is 48.0 Å². The van der Waals surface area contributed by atoms with Gasteiger partial charge in [-0.2, -0.15) is 11.8 Å². The molecule has 0 atom stereocenters. The topological polar surface area (TPSA) is 67.2 Å². The minimum atomic E-state index is -0.0117. The molecule has 3 rings (SSSR count). The van der Waals surface area contributed by atoms with Crippen LogP contribution in [0.15, 0.2) is 36.9 Å². The molecule has 7 heteroatoms. The molecule has 1 aromatic heterocycles. The Hall–Kier alpha value is -2.28. The molecule has 1 saturated heterocycles. The molecule has 2 heterocycles. The molecular weight excluding hydrogens is 372 g/mol. The summed E-state index contributed by atoms with van der Waals surface area (Å²) in [6.07, 6.45) is 10.1. The van der Waals surface area contributed by atoms with Crippen molar-refractivity contribution in [1.29, 1.82) is 0 Å². The number of amides is 2. The zero-order chi connectivity index (χ0) is 19.9. The summed E-state index contributed by atoms with van der Waals surface area (Å²) in [7, 11) is 0. The van der Waals surface area contributed by atoms with Gasteiger partial charge in [-0.1, -0.05) is 6.07 Å². The Morgan fingerprint density at radius 3 is 2.75 bits per heavy atom. The van der Waals surface area contributed by atoms with Crippen molar-refractivity contribution in [3.63, 3.8) is 0 Å². The minimum absolute atomic E-state index is 0.0117. The van der Waals surface area contributed by atoms with Gasteiger partial charge in [0.05, 0.1) is 6.33 Å². The van der Waals surface area contributed by atoms with E-state index in [-0.39, 0.29) is 11.8 Å². The molecule has 1 aromatic carbocycles. The molecule has 1 N–H and O–H groups in total. The summed E-state index contributed by atoms with van der Waals surface area (Å²) in [6.45, 7) is 4.43. The van der Waals surface area contributed by atoms with Gasteiger partial charge in [0, 0.05) is 55.5 Å². The minimum Gasteiger partial charge on any atom is -0.339 e. The highest BCUT2D eigenvalue weighted by atomic mass is 32.2. The highest BCUT2D eigenvalue weighted by Crippen LogP contribution is 2.23. The second-order valence-electron chi connectivity index (χ2n) is 7.32. The van der Waals surface area contributed by atoms with E-state index in [0.717, 1.165) is 49.5 Å². The number of carbonyl (C=O) groups is 2. The van der Waals surface area contributed by atoms with E-state index < -0.39 is 0 Å². The van der Waals surface area contributed by atoms with Crippen LogP contribution in [-0.2, 0) is 11.3 Å². The summed E-state index contributed by atoms with van der Waals surface area (Å²) >= 11 is 1.65. The Balaban J connectivity index is 1.58. The standard InChI is InChI=1S/C21H28N4O2S/c1-16-3-4-18(13-19(16)23-20(26)7-12-28-2)21(27)25-9-5-17(6-10-25)14-24-11-8-22-15-24/h3-4,8,11,13,15,17H,5-7,9-10,12,14H2,1-2H3,(H,23,26). The number of likely N-dealkylation sites (tertiary alicyclic amines) is 1. The van der Waals surface area contributed by atoms with E-state index in [1.54, 1.807) is 18.0 Å². The number of thioether (sulfide) groups is 1. The average molecular weight is 401 g/mol. The van der Waals surface area contributed by atoms with Crippen LogP contribution in [0.3, 0.4) is 0 Å². The van der Waals surface area contributed by atoms with E-state index >= 15 is 0 Å². The quantitative estimate of drug-likeness (QED) is 0.773. The van der Waals surface area contributed by atoms with Crippen LogP contribution >= 0.6 is 11.8 Å². The average Bonchev–Trinajstić information content (AvgIpc) is 3.21. The highest BCUT2D eigenvalue weighted by Gasteiger charge is 2.24. The number of anilines is 1. The van der Waals surface area contributed by atoms with Crippen molar-refractivity contribution < 1.29 is 9.59 Å². The SMILES string of the molecule is CSCCC(=O)Nc1cc(C(=O)N2CCC(Cn3ccnc3)CC2)ccc1C. The molecule has 0 radical (unpaired) electrons. The molecule has 1 aliphatic heterocycles. The molecule has 28 heavy (non-hydrogen) atoms. The largest absolute Gasteiger partial charge is 0.339 e. The van der Waals surface area contributed by atoms with Crippen molar-refractivity contribution >= 4 is 29.3 Å². The maximum absolute atomic E-state index is 12.9. The number of hydrogen-bond donors (Lipinski definition) is 1. The zero-order valence-electron chi connectivity index (χ0n) is 16.6. The molecule has 0 unspecified atom stereocenters. The number of hydrogen-bond acceptors (Lipinski definition) is 4. The molecule has 150 valence electrons. The van der Waals surface area contributed by atoms with Crippen molar-refractivity contribution in [2.24, 2.45) is 5.92 Å². The lowest BCUT2D eigenvalue weighted by molar-refractivity contribution is -0.115. The number of aryl methyl sites for hydroxylation is 1. The first-order valence-corrected chi connectivity index (χ1v) is 11.1. The number of aromatic nitrogens is 2. The van der Waals surface area contributed by atoms with Crippen molar-refractivity contribution in [3.8, 4) is 0 Å². The highest BCUT2D eigenvalue weighted by molar-refractivity contribution is 7.98. The van der Waals surface area contributed by atoms with Crippen molar-refractivity contribution in [1.82, 2.24) is 14.5 Å². The predicted octanol–water partition coefficient (Wildman–Crippen LogP) is 3.44. The van der Waals surface area contributed by atoms with E-state index in [2.05, 4.69) is 14.9 Å². The molecule has 6 nitrogen and oxygen atoms in total. The lowest BCUT2D eigenvalue weighted by Crippen LogP contribution is -2.39. The lowest BCUT2D eigenvalue weighted by atomic mass is 9.96. The molecule has 0 aliphatic carbocycles. The molecule has 2 aromatic rings. The molecule has 0 spiro atoms. The van der Waals surface area contributed by atoms with Crippen LogP contribution in [0.4, 0.5) is 5.69 Å². The molecule has 0 bridgehead atoms. The predicted molar refractivity (Wildman–Crippen MR) is 114 cm³/mol. The van der Waals surface area contributed by atoms with Crippen LogP contribution in [-0.4, -0.2) is 51.4 Å². The first-order chi connectivity index (χ1) is 13.6. The molecule has 2 amide bonds. The van der Waals surface area contributed by atoms with Crippen molar-refractivity contribution in [2.75, 3.05) is 30.4 Å². The van der Waals surface area contributed by atoms with Crippen LogP contribution in [0.5, 0.6) is 0 Å². The Labute approximate surface area is 170 Å². The zero-order valence-corrected chi connectivity index (χ0v) is 17.4. The number of carbonyl (C=O) groups excluding carboxylic acids is 2. The van der Waals surface area contributed by atoms with Crippen LogP contribution in [0.1, 0.15) is 35.2 Å². The maximum atomic E-state index is 12.9. The van der Waals surface area contributed by atoms with E-state index in [0.29, 0.717) is 17.9 Å². The summed E-state index contributed by atoms with van der Waals surface area (Å²) in [5, 5.41) is 2.94. The Kier molecular flexibility index (Phi) is 7.14. The second kappa shape index (κ2) is 9.78. The van der Waals surface area contributed by atoms with E-state index in [1.165, 1.54) is 0 Å². The number of nitrogens with zero attached hydrogens (tertiary/aromatic N) is 3. The third kappa shape index (κ3) is 5.38. The number of piperidine rings is 1. The van der Waals surface area contributed by atoms with Crippen molar-refractivity contribution in [2.45, 2.75) is 32.7 Å². The summed E-state index contributed by atoms with van der Waals surface area (Å²) in [5.74, 6) is 1.39. The van der Waals surface area contributed by atoms with Crippen LogP contribution in [0, 0.1) is 12.8 Å².